The standard InChI is InChI=1S/C10H19N3S/c1-5-7(3)8(4)11-10-12-9(6-2)13-14-10/h7-8H,5-6H2,1-4H3,(H,11,12,13). The Morgan fingerprint density at radius 3 is 2.57 bits per heavy atom. The number of anilines is 1. The first kappa shape index (κ1) is 11.4. The SMILES string of the molecule is CCc1nsc(NC(C)C(C)CC)n1. The molecule has 0 saturated carbocycles. The molecule has 1 heterocycles. The number of aromatic nitrogens is 2. The van der Waals surface area contributed by atoms with E-state index in [2.05, 4.69) is 42.4 Å². The van der Waals surface area contributed by atoms with Crippen molar-refractivity contribution in [3.8, 4) is 0 Å². The highest BCUT2D eigenvalue weighted by atomic mass is 32.1. The highest BCUT2D eigenvalue weighted by molar-refractivity contribution is 7.09. The summed E-state index contributed by atoms with van der Waals surface area (Å²) in [6.45, 7) is 8.73. The molecule has 0 aliphatic rings. The Labute approximate surface area is 90.1 Å². The van der Waals surface area contributed by atoms with Crippen molar-refractivity contribution >= 4 is 16.7 Å². The molecule has 0 aliphatic carbocycles. The number of nitrogens with zero attached hydrogens (tertiary/aromatic N) is 2. The van der Waals surface area contributed by atoms with Gasteiger partial charge in [0.25, 0.3) is 0 Å². The van der Waals surface area contributed by atoms with Crippen molar-refractivity contribution in [2.75, 3.05) is 5.32 Å². The van der Waals surface area contributed by atoms with Crippen LogP contribution in [0.15, 0.2) is 0 Å². The van der Waals surface area contributed by atoms with E-state index < -0.39 is 0 Å². The average Bonchev–Trinajstić information content (AvgIpc) is 2.64. The predicted octanol–water partition coefficient (Wildman–Crippen LogP) is 2.95. The Balaban J connectivity index is 2.51. The fourth-order valence-corrected chi connectivity index (χ4v) is 1.89. The van der Waals surface area contributed by atoms with Gasteiger partial charge in [-0.15, -0.1) is 0 Å². The monoisotopic (exact) mass is 213 g/mol. The lowest BCUT2D eigenvalue weighted by Crippen LogP contribution is -2.23. The first-order chi connectivity index (χ1) is 6.67. The van der Waals surface area contributed by atoms with Crippen LogP contribution in [-0.2, 0) is 6.42 Å². The van der Waals surface area contributed by atoms with Gasteiger partial charge in [-0.25, -0.2) is 4.98 Å². The molecular weight excluding hydrogens is 194 g/mol. The van der Waals surface area contributed by atoms with Crippen LogP contribution in [-0.4, -0.2) is 15.4 Å². The zero-order valence-electron chi connectivity index (χ0n) is 9.37. The number of hydrogen-bond donors (Lipinski definition) is 1. The van der Waals surface area contributed by atoms with Crippen LogP contribution in [0.4, 0.5) is 5.13 Å². The minimum Gasteiger partial charge on any atom is -0.358 e. The molecule has 2 unspecified atom stereocenters. The molecule has 80 valence electrons. The second-order valence-corrected chi connectivity index (χ2v) is 4.44. The molecule has 2 atom stereocenters. The van der Waals surface area contributed by atoms with Crippen molar-refractivity contribution in [3.63, 3.8) is 0 Å². The second kappa shape index (κ2) is 5.29. The molecule has 3 nitrogen and oxygen atoms in total. The number of aryl methyl sites for hydroxylation is 1. The lowest BCUT2D eigenvalue weighted by molar-refractivity contribution is 0.494. The molecule has 1 N–H and O–H groups in total. The van der Waals surface area contributed by atoms with Crippen LogP contribution >= 0.6 is 11.5 Å². The van der Waals surface area contributed by atoms with Crippen LogP contribution in [0, 0.1) is 5.92 Å². The van der Waals surface area contributed by atoms with E-state index in [-0.39, 0.29) is 0 Å². The largest absolute Gasteiger partial charge is 0.358 e. The van der Waals surface area contributed by atoms with E-state index in [1.54, 1.807) is 0 Å². The Morgan fingerprint density at radius 2 is 2.07 bits per heavy atom. The molecule has 1 rings (SSSR count). The Bertz CT molecular complexity index is 272. The minimum atomic E-state index is 0.470. The van der Waals surface area contributed by atoms with E-state index in [1.165, 1.54) is 18.0 Å². The third kappa shape index (κ3) is 2.94. The fourth-order valence-electron chi connectivity index (χ4n) is 1.15. The van der Waals surface area contributed by atoms with Gasteiger partial charge in [-0.3, -0.25) is 0 Å². The van der Waals surface area contributed by atoms with Gasteiger partial charge in [0.15, 0.2) is 0 Å². The average molecular weight is 213 g/mol. The predicted molar refractivity (Wildman–Crippen MR) is 61.8 cm³/mol. The maximum atomic E-state index is 4.38. The van der Waals surface area contributed by atoms with Gasteiger partial charge in [0.1, 0.15) is 5.82 Å². The summed E-state index contributed by atoms with van der Waals surface area (Å²) < 4.78 is 4.24. The number of hydrogen-bond acceptors (Lipinski definition) is 4. The summed E-state index contributed by atoms with van der Waals surface area (Å²) in [7, 11) is 0. The van der Waals surface area contributed by atoms with Gasteiger partial charge < -0.3 is 5.32 Å². The summed E-state index contributed by atoms with van der Waals surface area (Å²) in [5.41, 5.74) is 0. The van der Waals surface area contributed by atoms with E-state index in [0.717, 1.165) is 17.4 Å². The van der Waals surface area contributed by atoms with Crippen LogP contribution in [0.1, 0.15) is 39.9 Å². The molecule has 0 aromatic carbocycles. The van der Waals surface area contributed by atoms with Crippen molar-refractivity contribution < 1.29 is 0 Å². The molecule has 0 fully saturated rings. The third-order valence-corrected chi connectivity index (χ3v) is 3.32. The van der Waals surface area contributed by atoms with Crippen LogP contribution in [0.25, 0.3) is 0 Å². The van der Waals surface area contributed by atoms with Gasteiger partial charge in [-0.2, -0.15) is 4.37 Å². The van der Waals surface area contributed by atoms with Crippen LogP contribution < -0.4 is 5.32 Å². The molecule has 0 aliphatic heterocycles. The van der Waals surface area contributed by atoms with Crippen molar-refractivity contribution in [2.45, 2.75) is 46.6 Å². The maximum absolute atomic E-state index is 4.38. The van der Waals surface area contributed by atoms with Crippen LogP contribution in [0.3, 0.4) is 0 Å². The van der Waals surface area contributed by atoms with Gasteiger partial charge >= 0.3 is 0 Å². The van der Waals surface area contributed by atoms with Crippen molar-refractivity contribution in [1.29, 1.82) is 0 Å². The lowest BCUT2D eigenvalue weighted by Gasteiger charge is -2.18. The minimum absolute atomic E-state index is 0.470. The summed E-state index contributed by atoms with van der Waals surface area (Å²) in [6.07, 6.45) is 2.10. The van der Waals surface area contributed by atoms with E-state index in [9.17, 15) is 0 Å². The van der Waals surface area contributed by atoms with Gasteiger partial charge in [0.05, 0.1) is 0 Å². The first-order valence-corrected chi connectivity index (χ1v) is 6.03. The summed E-state index contributed by atoms with van der Waals surface area (Å²) in [6, 6.07) is 0.470. The van der Waals surface area contributed by atoms with Crippen molar-refractivity contribution in [3.05, 3.63) is 5.82 Å². The summed E-state index contributed by atoms with van der Waals surface area (Å²) in [4.78, 5) is 4.38. The normalized spacial score (nSPS) is 15.1. The summed E-state index contributed by atoms with van der Waals surface area (Å²) in [5, 5.41) is 4.35. The molecule has 1 aromatic rings. The van der Waals surface area contributed by atoms with Crippen molar-refractivity contribution in [2.24, 2.45) is 5.92 Å². The second-order valence-electron chi connectivity index (χ2n) is 3.69. The van der Waals surface area contributed by atoms with E-state index in [0.29, 0.717) is 12.0 Å². The highest BCUT2D eigenvalue weighted by Crippen LogP contribution is 2.16. The molecule has 0 bridgehead atoms. The Kier molecular flexibility index (Phi) is 4.32. The molecule has 14 heavy (non-hydrogen) atoms. The van der Waals surface area contributed by atoms with E-state index in [4.69, 9.17) is 0 Å². The zero-order valence-corrected chi connectivity index (χ0v) is 10.2. The fraction of sp³-hybridized carbons (Fsp3) is 0.800. The summed E-state index contributed by atoms with van der Waals surface area (Å²) >= 11 is 1.46. The smallest absolute Gasteiger partial charge is 0.202 e. The lowest BCUT2D eigenvalue weighted by atomic mass is 10.0. The van der Waals surface area contributed by atoms with Gasteiger partial charge in [-0.1, -0.05) is 27.2 Å². The quantitative estimate of drug-likeness (QED) is 0.817. The third-order valence-electron chi connectivity index (χ3n) is 2.63. The molecule has 0 radical (unpaired) electrons. The summed E-state index contributed by atoms with van der Waals surface area (Å²) in [5.74, 6) is 1.61. The van der Waals surface area contributed by atoms with E-state index in [1.807, 2.05) is 0 Å². The van der Waals surface area contributed by atoms with Crippen LogP contribution in [0.2, 0.25) is 0 Å². The van der Waals surface area contributed by atoms with Crippen LogP contribution in [0.5, 0.6) is 0 Å². The highest BCUT2D eigenvalue weighted by Gasteiger charge is 2.11. The molecule has 4 heteroatoms. The first-order valence-electron chi connectivity index (χ1n) is 5.26. The number of rotatable bonds is 5. The van der Waals surface area contributed by atoms with E-state index >= 15 is 0 Å². The van der Waals surface area contributed by atoms with Gasteiger partial charge in [0, 0.05) is 24.0 Å². The van der Waals surface area contributed by atoms with Gasteiger partial charge in [0.2, 0.25) is 5.13 Å². The number of nitrogens with one attached hydrogen (secondary N) is 1. The molecule has 0 spiro atoms. The molecule has 1 aromatic heterocycles. The Morgan fingerprint density at radius 1 is 1.36 bits per heavy atom. The molecule has 0 saturated heterocycles. The molecular formula is C10H19N3S. The zero-order chi connectivity index (χ0) is 10.6. The van der Waals surface area contributed by atoms with Crippen molar-refractivity contribution in [1.82, 2.24) is 9.36 Å². The molecule has 0 amide bonds. The Hall–Kier alpha value is -0.640. The topological polar surface area (TPSA) is 37.8 Å². The maximum Gasteiger partial charge on any atom is 0.202 e. The van der Waals surface area contributed by atoms with Gasteiger partial charge in [-0.05, 0) is 12.8 Å².